The number of hydrogen-bond acceptors (Lipinski definition) is 9. The molecule has 0 aromatic heterocycles. The zero-order valence-electron chi connectivity index (χ0n) is 15.2. The average Bonchev–Trinajstić information content (AvgIpc) is 3.40. The molecule has 6 saturated heterocycles. The third-order valence-corrected chi connectivity index (χ3v) is 5.68. The van der Waals surface area contributed by atoms with Crippen molar-refractivity contribution in [2.45, 2.75) is 61.0 Å². The van der Waals surface area contributed by atoms with Gasteiger partial charge >= 0.3 is 0 Å². The van der Waals surface area contributed by atoms with Crippen molar-refractivity contribution in [2.24, 2.45) is 0 Å². The lowest BCUT2D eigenvalue weighted by Gasteiger charge is -2.20. The zero-order valence-corrected chi connectivity index (χ0v) is 15.2. The fourth-order valence-corrected chi connectivity index (χ4v) is 3.60. The lowest BCUT2D eigenvalue weighted by molar-refractivity contribution is -0.159. The minimum absolute atomic E-state index is 0.108. The highest BCUT2D eigenvalue weighted by atomic mass is 16.9. The van der Waals surface area contributed by atoms with E-state index in [0.717, 1.165) is 26.4 Å². The summed E-state index contributed by atoms with van der Waals surface area (Å²) in [4.78, 5) is 0. The van der Waals surface area contributed by atoms with Gasteiger partial charge in [0, 0.05) is 12.8 Å². The molecular formula is C18H26O9. The molecule has 0 bridgehead atoms. The highest BCUT2D eigenvalue weighted by Crippen LogP contribution is 2.54. The van der Waals surface area contributed by atoms with Crippen molar-refractivity contribution >= 4 is 0 Å². The Morgan fingerprint density at radius 2 is 1.00 bits per heavy atom. The molecular weight excluding hydrogens is 360 g/mol. The van der Waals surface area contributed by atoms with Gasteiger partial charge in [0.15, 0.2) is 0 Å². The molecule has 27 heavy (non-hydrogen) atoms. The maximum Gasteiger partial charge on any atom is 0.203 e. The molecule has 0 aliphatic carbocycles. The first-order chi connectivity index (χ1) is 13.2. The second kappa shape index (κ2) is 6.58. The summed E-state index contributed by atoms with van der Waals surface area (Å²) in [5, 5.41) is 0. The summed E-state index contributed by atoms with van der Waals surface area (Å²) in [6.45, 7) is 5.27. The van der Waals surface area contributed by atoms with Crippen LogP contribution in [0.25, 0.3) is 0 Å². The van der Waals surface area contributed by atoms with Gasteiger partial charge in [-0.15, -0.1) is 0 Å². The van der Waals surface area contributed by atoms with E-state index in [-0.39, 0.29) is 36.6 Å². The predicted molar refractivity (Wildman–Crippen MR) is 86.1 cm³/mol. The Morgan fingerprint density at radius 3 is 1.37 bits per heavy atom. The highest BCUT2D eigenvalue weighted by molar-refractivity contribution is 5.06. The van der Waals surface area contributed by atoms with E-state index in [4.69, 9.17) is 42.6 Å². The topological polar surface area (TPSA) is 103 Å². The second-order valence-corrected chi connectivity index (χ2v) is 8.24. The minimum Gasteiger partial charge on any atom is -0.376 e. The molecule has 9 nitrogen and oxygen atoms in total. The molecule has 0 N–H and O–H groups in total. The van der Waals surface area contributed by atoms with Crippen LogP contribution in [0.5, 0.6) is 0 Å². The molecule has 0 amide bonds. The average molecular weight is 386 g/mol. The van der Waals surface area contributed by atoms with E-state index in [2.05, 4.69) is 0 Å². The first-order valence-electron chi connectivity index (χ1n) is 9.91. The standard InChI is InChI=1S/C18H26O9/c1(11-5-21-11)17(15(25-17)9-19-3-13-7-23-13)27-18(2-12-6-22-12)16(26-18)10-20-4-14-8-24-14/h11-16H,1-10H2. The van der Waals surface area contributed by atoms with Crippen molar-refractivity contribution < 1.29 is 42.6 Å². The largest absolute Gasteiger partial charge is 0.376 e. The quantitative estimate of drug-likeness (QED) is 0.369. The van der Waals surface area contributed by atoms with Crippen molar-refractivity contribution in [1.29, 1.82) is 0 Å². The summed E-state index contributed by atoms with van der Waals surface area (Å²) in [6, 6.07) is 0. The van der Waals surface area contributed by atoms with Crippen LogP contribution in [0.4, 0.5) is 0 Å². The SMILES string of the molecule is C(OCC1OC1(CC1CO1)OC1(CC2CO2)OC1COCC1CO1)C1CO1. The third-order valence-electron chi connectivity index (χ3n) is 5.68. The van der Waals surface area contributed by atoms with Gasteiger partial charge in [-0.1, -0.05) is 0 Å². The molecule has 152 valence electrons. The van der Waals surface area contributed by atoms with Crippen LogP contribution < -0.4 is 0 Å². The molecule has 6 aliphatic rings. The molecule has 0 aromatic rings. The third kappa shape index (κ3) is 4.31. The Morgan fingerprint density at radius 1 is 0.593 bits per heavy atom. The smallest absolute Gasteiger partial charge is 0.203 e. The van der Waals surface area contributed by atoms with Gasteiger partial charge in [0.1, 0.15) is 24.4 Å². The number of epoxide rings is 6. The van der Waals surface area contributed by atoms with Crippen LogP contribution in [0.2, 0.25) is 0 Å². The molecule has 9 heteroatoms. The summed E-state index contributed by atoms with van der Waals surface area (Å²) in [7, 11) is 0. The summed E-state index contributed by atoms with van der Waals surface area (Å²) < 4.78 is 51.1. The van der Waals surface area contributed by atoms with Crippen LogP contribution in [0.1, 0.15) is 12.8 Å². The van der Waals surface area contributed by atoms with E-state index in [1.807, 2.05) is 0 Å². The Balaban J connectivity index is 1.06. The van der Waals surface area contributed by atoms with E-state index in [1.54, 1.807) is 0 Å². The van der Waals surface area contributed by atoms with Crippen LogP contribution in [0, 0.1) is 0 Å². The number of ether oxygens (including phenoxy) is 9. The van der Waals surface area contributed by atoms with Crippen LogP contribution in [-0.4, -0.2) is 101 Å². The molecule has 8 unspecified atom stereocenters. The molecule has 0 saturated carbocycles. The van der Waals surface area contributed by atoms with Crippen LogP contribution in [0.3, 0.4) is 0 Å². The van der Waals surface area contributed by atoms with Gasteiger partial charge < -0.3 is 42.6 Å². The van der Waals surface area contributed by atoms with Crippen LogP contribution in [0.15, 0.2) is 0 Å². The van der Waals surface area contributed by atoms with E-state index < -0.39 is 11.6 Å². The predicted octanol–water partition coefficient (Wildman–Crippen LogP) is -0.398. The Labute approximate surface area is 157 Å². The fraction of sp³-hybridized carbons (Fsp3) is 1.00. The van der Waals surface area contributed by atoms with Gasteiger partial charge in [-0.2, -0.15) is 0 Å². The molecule has 6 aliphatic heterocycles. The van der Waals surface area contributed by atoms with Crippen molar-refractivity contribution in [1.82, 2.24) is 0 Å². The summed E-state index contributed by atoms with van der Waals surface area (Å²) in [5.41, 5.74) is 0. The van der Waals surface area contributed by atoms with Gasteiger partial charge in [-0.3, -0.25) is 0 Å². The van der Waals surface area contributed by atoms with Crippen LogP contribution in [-0.2, 0) is 42.6 Å². The van der Waals surface area contributed by atoms with E-state index in [0.29, 0.717) is 39.3 Å². The highest BCUT2D eigenvalue weighted by Gasteiger charge is 2.71. The molecule has 6 rings (SSSR count). The maximum absolute atomic E-state index is 6.49. The molecule has 6 fully saturated rings. The zero-order chi connectivity index (χ0) is 17.9. The fourth-order valence-electron chi connectivity index (χ4n) is 3.60. The van der Waals surface area contributed by atoms with E-state index in [9.17, 15) is 0 Å². The van der Waals surface area contributed by atoms with Gasteiger partial charge in [0.25, 0.3) is 0 Å². The molecule has 0 spiro atoms. The minimum atomic E-state index is -0.700. The van der Waals surface area contributed by atoms with Crippen molar-refractivity contribution in [3.63, 3.8) is 0 Å². The van der Waals surface area contributed by atoms with Crippen molar-refractivity contribution in [3.05, 3.63) is 0 Å². The normalized spacial score (nSPS) is 51.1. The van der Waals surface area contributed by atoms with E-state index >= 15 is 0 Å². The molecule has 0 radical (unpaired) electrons. The monoisotopic (exact) mass is 386 g/mol. The first-order valence-corrected chi connectivity index (χ1v) is 9.91. The Kier molecular flexibility index (Phi) is 4.26. The number of hydrogen-bond donors (Lipinski definition) is 0. The molecule has 8 atom stereocenters. The summed E-state index contributed by atoms with van der Waals surface area (Å²) in [6.07, 6.45) is 2.04. The van der Waals surface area contributed by atoms with Gasteiger partial charge in [0.05, 0.1) is 65.1 Å². The summed E-state index contributed by atoms with van der Waals surface area (Å²) in [5.74, 6) is -1.40. The summed E-state index contributed by atoms with van der Waals surface area (Å²) >= 11 is 0. The van der Waals surface area contributed by atoms with Gasteiger partial charge in [-0.05, 0) is 0 Å². The number of rotatable bonds is 14. The van der Waals surface area contributed by atoms with Gasteiger partial charge in [-0.25, -0.2) is 0 Å². The Bertz CT molecular complexity index is 511. The Hall–Kier alpha value is -0.360. The van der Waals surface area contributed by atoms with Crippen molar-refractivity contribution in [2.75, 3.05) is 52.9 Å². The maximum atomic E-state index is 6.49. The molecule has 0 aromatic carbocycles. The molecule has 6 heterocycles. The lowest BCUT2D eigenvalue weighted by atomic mass is 10.1. The first kappa shape index (κ1) is 17.5. The van der Waals surface area contributed by atoms with E-state index in [1.165, 1.54) is 0 Å². The van der Waals surface area contributed by atoms with Crippen molar-refractivity contribution in [3.8, 4) is 0 Å². The second-order valence-electron chi connectivity index (χ2n) is 8.24. The lowest BCUT2D eigenvalue weighted by Crippen LogP contribution is -2.35. The van der Waals surface area contributed by atoms with Crippen LogP contribution >= 0.6 is 0 Å². The van der Waals surface area contributed by atoms with Gasteiger partial charge in [0.2, 0.25) is 11.6 Å².